The first-order valence-corrected chi connectivity index (χ1v) is 6.47. The third-order valence-corrected chi connectivity index (χ3v) is 3.13. The molecule has 1 aromatic carbocycles. The van der Waals surface area contributed by atoms with Gasteiger partial charge in [-0.25, -0.2) is 0 Å². The molecule has 0 radical (unpaired) electrons. The highest BCUT2D eigenvalue weighted by molar-refractivity contribution is 9.10. The molecule has 0 amide bonds. The normalized spacial score (nSPS) is 13.3. The molecule has 82 valence electrons. The Morgan fingerprint density at radius 3 is 2.67 bits per heavy atom. The highest BCUT2D eigenvalue weighted by Crippen LogP contribution is 2.26. The van der Waals surface area contributed by atoms with Crippen molar-refractivity contribution in [2.24, 2.45) is 0 Å². The fourth-order valence-electron chi connectivity index (χ4n) is 1.73. The third kappa shape index (κ3) is 4.21. The van der Waals surface area contributed by atoms with E-state index in [1.54, 1.807) is 0 Å². The van der Waals surface area contributed by atoms with Crippen molar-refractivity contribution >= 4 is 15.9 Å². The highest BCUT2D eigenvalue weighted by atomic mass is 79.9. The minimum atomic E-state index is 0.658. The molecule has 0 heterocycles. The van der Waals surface area contributed by atoms with Gasteiger partial charge in [0.1, 0.15) is 0 Å². The predicted octanol–water partition coefficient (Wildman–Crippen LogP) is 5.30. The van der Waals surface area contributed by atoms with Crippen molar-refractivity contribution in [3.8, 4) is 0 Å². The highest BCUT2D eigenvalue weighted by Gasteiger charge is 2.07. The van der Waals surface area contributed by atoms with Crippen LogP contribution in [0.15, 0.2) is 40.9 Å². The van der Waals surface area contributed by atoms with E-state index in [0.29, 0.717) is 5.92 Å². The molecule has 0 aromatic heterocycles. The molecule has 0 aliphatic heterocycles. The van der Waals surface area contributed by atoms with E-state index < -0.39 is 0 Å². The Hall–Kier alpha value is -0.560. The number of rotatable bonds is 5. The van der Waals surface area contributed by atoms with Crippen LogP contribution in [0.4, 0.5) is 0 Å². The fourth-order valence-corrected chi connectivity index (χ4v) is 2.14. The summed E-state index contributed by atoms with van der Waals surface area (Å²) in [5.41, 5.74) is 1.44. The minimum Gasteiger partial charge on any atom is -0.0888 e. The average molecular weight is 267 g/mol. The molecule has 0 aliphatic rings. The lowest BCUT2D eigenvalue weighted by Gasteiger charge is -2.13. The zero-order chi connectivity index (χ0) is 11.1. The van der Waals surface area contributed by atoms with Crippen molar-refractivity contribution in [3.63, 3.8) is 0 Å². The predicted molar refractivity (Wildman–Crippen MR) is 71.2 cm³/mol. The first-order valence-electron chi connectivity index (χ1n) is 5.68. The van der Waals surface area contributed by atoms with Crippen LogP contribution >= 0.6 is 15.9 Å². The maximum atomic E-state index is 3.52. The lowest BCUT2D eigenvalue weighted by molar-refractivity contribution is 0.673. The van der Waals surface area contributed by atoms with Crippen molar-refractivity contribution < 1.29 is 0 Å². The van der Waals surface area contributed by atoms with Gasteiger partial charge in [0.15, 0.2) is 0 Å². The van der Waals surface area contributed by atoms with Gasteiger partial charge in [-0.2, -0.15) is 0 Å². The second-order valence-electron chi connectivity index (χ2n) is 3.78. The van der Waals surface area contributed by atoms with Crippen molar-refractivity contribution in [2.45, 2.75) is 39.0 Å². The van der Waals surface area contributed by atoms with Gasteiger partial charge >= 0.3 is 0 Å². The van der Waals surface area contributed by atoms with E-state index >= 15 is 0 Å². The fraction of sp³-hybridized carbons (Fsp3) is 0.429. The summed E-state index contributed by atoms with van der Waals surface area (Å²) in [5.74, 6) is 0.658. The molecule has 0 bridgehead atoms. The summed E-state index contributed by atoms with van der Waals surface area (Å²) in [6.07, 6.45) is 8.04. The number of hydrogen-bond donors (Lipinski definition) is 0. The van der Waals surface area contributed by atoms with Crippen LogP contribution in [-0.2, 0) is 0 Å². The molecule has 1 heteroatoms. The van der Waals surface area contributed by atoms with E-state index in [1.165, 1.54) is 16.5 Å². The molecular weight excluding hydrogens is 248 g/mol. The molecule has 0 spiro atoms. The molecule has 0 saturated heterocycles. The van der Waals surface area contributed by atoms with Crippen LogP contribution in [0.3, 0.4) is 0 Å². The molecule has 0 fully saturated rings. The largest absolute Gasteiger partial charge is 0.0888 e. The molecule has 0 aliphatic carbocycles. The SMILES string of the molecule is CC/C=C\CC(CC)c1cccc(Br)c1. The molecule has 1 atom stereocenters. The second kappa shape index (κ2) is 6.84. The maximum Gasteiger partial charge on any atom is 0.0178 e. The van der Waals surface area contributed by atoms with E-state index in [4.69, 9.17) is 0 Å². The van der Waals surface area contributed by atoms with E-state index in [2.05, 4.69) is 66.2 Å². The Kier molecular flexibility index (Phi) is 5.70. The van der Waals surface area contributed by atoms with Crippen LogP contribution in [0, 0.1) is 0 Å². The molecule has 0 saturated carbocycles. The van der Waals surface area contributed by atoms with E-state index in [9.17, 15) is 0 Å². The quantitative estimate of drug-likeness (QED) is 0.635. The summed E-state index contributed by atoms with van der Waals surface area (Å²) in [4.78, 5) is 0. The Bertz CT molecular complexity index is 315. The van der Waals surface area contributed by atoms with Gasteiger partial charge in [0.2, 0.25) is 0 Å². The van der Waals surface area contributed by atoms with Crippen LogP contribution < -0.4 is 0 Å². The third-order valence-electron chi connectivity index (χ3n) is 2.64. The lowest BCUT2D eigenvalue weighted by atomic mass is 9.93. The van der Waals surface area contributed by atoms with Gasteiger partial charge in [-0.1, -0.05) is 54.1 Å². The second-order valence-corrected chi connectivity index (χ2v) is 4.69. The van der Waals surface area contributed by atoms with Gasteiger partial charge in [-0.05, 0) is 42.9 Å². The maximum absolute atomic E-state index is 3.52. The van der Waals surface area contributed by atoms with Crippen LogP contribution in [0.5, 0.6) is 0 Å². The monoisotopic (exact) mass is 266 g/mol. The average Bonchev–Trinajstić information content (AvgIpc) is 2.24. The first-order chi connectivity index (χ1) is 7.27. The Labute approximate surface area is 102 Å². The summed E-state index contributed by atoms with van der Waals surface area (Å²) >= 11 is 3.52. The van der Waals surface area contributed by atoms with E-state index in [1.807, 2.05) is 0 Å². The van der Waals surface area contributed by atoms with Gasteiger partial charge in [-0.15, -0.1) is 0 Å². The number of halogens is 1. The molecule has 15 heavy (non-hydrogen) atoms. The van der Waals surface area contributed by atoms with Crippen molar-refractivity contribution in [1.29, 1.82) is 0 Å². The summed E-state index contributed by atoms with van der Waals surface area (Å²) in [7, 11) is 0. The van der Waals surface area contributed by atoms with Gasteiger partial charge in [-0.3, -0.25) is 0 Å². The molecular formula is C14H19Br. The smallest absolute Gasteiger partial charge is 0.0178 e. The zero-order valence-electron chi connectivity index (χ0n) is 9.54. The Balaban J connectivity index is 2.69. The summed E-state index contributed by atoms with van der Waals surface area (Å²) < 4.78 is 1.18. The number of hydrogen-bond acceptors (Lipinski definition) is 0. The van der Waals surface area contributed by atoms with Crippen molar-refractivity contribution in [2.75, 3.05) is 0 Å². The van der Waals surface area contributed by atoms with Gasteiger partial charge in [0.25, 0.3) is 0 Å². The topological polar surface area (TPSA) is 0 Å². The summed E-state index contributed by atoms with van der Waals surface area (Å²) in [6, 6.07) is 8.65. The lowest BCUT2D eigenvalue weighted by Crippen LogP contribution is -1.95. The standard InChI is InChI=1S/C14H19Br/c1-3-5-6-8-12(4-2)13-9-7-10-14(15)11-13/h5-7,9-12H,3-4,8H2,1-2H3/b6-5-. The molecule has 1 unspecified atom stereocenters. The van der Waals surface area contributed by atoms with Crippen molar-refractivity contribution in [3.05, 3.63) is 46.5 Å². The van der Waals surface area contributed by atoms with Crippen molar-refractivity contribution in [1.82, 2.24) is 0 Å². The van der Waals surface area contributed by atoms with Crippen LogP contribution in [-0.4, -0.2) is 0 Å². The van der Waals surface area contributed by atoms with Crippen LogP contribution in [0.1, 0.15) is 44.6 Å². The molecule has 1 aromatic rings. The molecule has 1 rings (SSSR count). The van der Waals surface area contributed by atoms with Gasteiger partial charge < -0.3 is 0 Å². The number of allylic oxidation sites excluding steroid dienone is 2. The molecule has 0 N–H and O–H groups in total. The van der Waals surface area contributed by atoms with Gasteiger partial charge in [0, 0.05) is 4.47 Å². The van der Waals surface area contributed by atoms with Gasteiger partial charge in [0.05, 0.1) is 0 Å². The number of benzene rings is 1. The zero-order valence-corrected chi connectivity index (χ0v) is 11.1. The van der Waals surface area contributed by atoms with E-state index in [0.717, 1.165) is 12.8 Å². The summed E-state index contributed by atoms with van der Waals surface area (Å²) in [5, 5.41) is 0. The van der Waals surface area contributed by atoms with E-state index in [-0.39, 0.29) is 0 Å². The van der Waals surface area contributed by atoms with Crippen LogP contribution in [0.2, 0.25) is 0 Å². The summed E-state index contributed by atoms with van der Waals surface area (Å²) in [6.45, 7) is 4.43. The Morgan fingerprint density at radius 2 is 2.07 bits per heavy atom. The Morgan fingerprint density at radius 1 is 1.27 bits per heavy atom. The van der Waals surface area contributed by atoms with Crippen LogP contribution in [0.25, 0.3) is 0 Å². The molecule has 0 nitrogen and oxygen atoms in total. The first kappa shape index (κ1) is 12.5. The minimum absolute atomic E-state index is 0.658.